The van der Waals surface area contributed by atoms with Gasteiger partial charge in [-0.05, 0) is 12.1 Å². The first kappa shape index (κ1) is 14.5. The Balaban J connectivity index is 2.51. The SMILES string of the molecule is Cn1ncc(C(=O)O)c1NS(=O)(=O)c1cccnc1C#N. The average Bonchev–Trinajstić information content (AvgIpc) is 2.80. The number of hydrogen-bond donors (Lipinski definition) is 2. The van der Waals surface area contributed by atoms with Gasteiger partial charge in [-0.25, -0.2) is 18.2 Å². The van der Waals surface area contributed by atoms with Crippen LogP contribution in [0.1, 0.15) is 16.1 Å². The third kappa shape index (κ3) is 2.67. The minimum Gasteiger partial charge on any atom is -0.477 e. The van der Waals surface area contributed by atoms with Crippen molar-refractivity contribution < 1.29 is 18.3 Å². The number of hydrogen-bond acceptors (Lipinski definition) is 6. The molecule has 108 valence electrons. The Hall–Kier alpha value is -2.93. The Morgan fingerprint density at radius 3 is 2.86 bits per heavy atom. The lowest BCUT2D eigenvalue weighted by Crippen LogP contribution is -2.18. The molecular weight excluding hydrogens is 298 g/mol. The van der Waals surface area contributed by atoms with E-state index in [-0.39, 0.29) is 22.0 Å². The molecule has 0 saturated carbocycles. The lowest BCUT2D eigenvalue weighted by Gasteiger charge is -2.09. The lowest BCUT2D eigenvalue weighted by molar-refractivity contribution is 0.0698. The molecule has 2 aromatic rings. The highest BCUT2D eigenvalue weighted by molar-refractivity contribution is 7.92. The molecular formula is C11H9N5O4S. The number of aromatic nitrogens is 3. The van der Waals surface area contributed by atoms with Crippen molar-refractivity contribution in [3.8, 4) is 6.07 Å². The van der Waals surface area contributed by atoms with Gasteiger partial charge in [0.15, 0.2) is 11.5 Å². The smallest absolute Gasteiger partial charge is 0.341 e. The van der Waals surface area contributed by atoms with Gasteiger partial charge < -0.3 is 5.11 Å². The van der Waals surface area contributed by atoms with Crippen LogP contribution < -0.4 is 4.72 Å². The maximum absolute atomic E-state index is 12.3. The normalized spacial score (nSPS) is 10.9. The largest absolute Gasteiger partial charge is 0.477 e. The van der Waals surface area contributed by atoms with E-state index in [2.05, 4.69) is 14.8 Å². The monoisotopic (exact) mass is 307 g/mol. The predicted molar refractivity (Wildman–Crippen MR) is 69.9 cm³/mol. The Morgan fingerprint density at radius 2 is 2.24 bits per heavy atom. The van der Waals surface area contributed by atoms with Crippen LogP contribution in [0.4, 0.5) is 5.82 Å². The number of nitrogens with one attached hydrogen (secondary N) is 1. The molecule has 9 nitrogen and oxygen atoms in total. The average molecular weight is 307 g/mol. The standard InChI is InChI=1S/C11H9N5O4S/c1-16-10(7(6-14-16)11(17)18)15-21(19,20)9-3-2-4-13-8(9)5-12/h2-4,6,15H,1H3,(H,17,18). The van der Waals surface area contributed by atoms with E-state index in [1.165, 1.54) is 25.4 Å². The summed E-state index contributed by atoms with van der Waals surface area (Å²) < 4.78 is 27.7. The van der Waals surface area contributed by atoms with Crippen molar-refractivity contribution in [3.63, 3.8) is 0 Å². The third-order valence-electron chi connectivity index (χ3n) is 2.57. The second-order valence-electron chi connectivity index (χ2n) is 3.90. The Morgan fingerprint density at radius 1 is 1.52 bits per heavy atom. The van der Waals surface area contributed by atoms with Crippen molar-refractivity contribution in [2.45, 2.75) is 4.90 Å². The number of carbonyl (C=O) groups is 1. The molecule has 2 aromatic heterocycles. The van der Waals surface area contributed by atoms with E-state index in [1.54, 1.807) is 6.07 Å². The number of pyridine rings is 1. The Labute approximate surface area is 119 Å². The zero-order valence-electron chi connectivity index (χ0n) is 10.7. The molecule has 0 aliphatic rings. The second-order valence-corrected chi connectivity index (χ2v) is 5.55. The summed E-state index contributed by atoms with van der Waals surface area (Å²) in [7, 11) is -2.78. The number of rotatable bonds is 4. The first-order chi connectivity index (χ1) is 9.86. The van der Waals surface area contributed by atoms with Gasteiger partial charge >= 0.3 is 5.97 Å². The third-order valence-corrected chi connectivity index (χ3v) is 3.94. The number of nitriles is 1. The van der Waals surface area contributed by atoms with Crippen LogP contribution in [0.5, 0.6) is 0 Å². The number of anilines is 1. The van der Waals surface area contributed by atoms with Crippen LogP contribution in [0.15, 0.2) is 29.4 Å². The van der Waals surface area contributed by atoms with Gasteiger partial charge in [0, 0.05) is 13.2 Å². The first-order valence-corrected chi connectivity index (χ1v) is 6.98. The highest BCUT2D eigenvalue weighted by Gasteiger charge is 2.24. The van der Waals surface area contributed by atoms with Crippen LogP contribution in [0, 0.1) is 11.3 Å². The van der Waals surface area contributed by atoms with E-state index in [4.69, 9.17) is 10.4 Å². The van der Waals surface area contributed by atoms with E-state index in [0.29, 0.717) is 0 Å². The molecule has 0 atom stereocenters. The molecule has 21 heavy (non-hydrogen) atoms. The minimum absolute atomic E-state index is 0.213. The summed E-state index contributed by atoms with van der Waals surface area (Å²) >= 11 is 0. The molecule has 0 saturated heterocycles. The second kappa shape index (κ2) is 5.22. The highest BCUT2D eigenvalue weighted by atomic mass is 32.2. The van der Waals surface area contributed by atoms with Crippen molar-refractivity contribution in [1.82, 2.24) is 14.8 Å². The van der Waals surface area contributed by atoms with Crippen molar-refractivity contribution >= 4 is 21.8 Å². The summed E-state index contributed by atoms with van der Waals surface area (Å²) in [6, 6.07) is 4.22. The molecule has 0 unspecified atom stereocenters. The summed E-state index contributed by atoms with van der Waals surface area (Å²) in [6.07, 6.45) is 2.30. The molecule has 0 fully saturated rings. The molecule has 10 heteroatoms. The predicted octanol–water partition coefficient (Wildman–Crippen LogP) is 0.186. The van der Waals surface area contributed by atoms with Gasteiger partial charge in [-0.2, -0.15) is 10.4 Å². The molecule has 0 amide bonds. The molecule has 0 radical (unpaired) electrons. The van der Waals surface area contributed by atoms with E-state index >= 15 is 0 Å². The number of nitrogens with zero attached hydrogens (tertiary/aromatic N) is 4. The van der Waals surface area contributed by atoms with Crippen molar-refractivity contribution in [1.29, 1.82) is 5.26 Å². The van der Waals surface area contributed by atoms with Crippen LogP contribution in [0.2, 0.25) is 0 Å². The number of aromatic carboxylic acids is 1. The topological polar surface area (TPSA) is 138 Å². The summed E-state index contributed by atoms with van der Waals surface area (Å²) in [4.78, 5) is 14.3. The maximum Gasteiger partial charge on any atom is 0.341 e. The lowest BCUT2D eigenvalue weighted by atomic mass is 10.3. The van der Waals surface area contributed by atoms with Gasteiger partial charge in [0.2, 0.25) is 0 Å². The van der Waals surface area contributed by atoms with Gasteiger partial charge in [-0.15, -0.1) is 0 Å². The molecule has 0 spiro atoms. The van der Waals surface area contributed by atoms with Crippen molar-refractivity contribution in [2.24, 2.45) is 7.05 Å². The quantitative estimate of drug-likeness (QED) is 0.821. The van der Waals surface area contributed by atoms with Crippen molar-refractivity contribution in [2.75, 3.05) is 4.72 Å². The summed E-state index contributed by atoms with van der Waals surface area (Å²) in [5.74, 6) is -1.54. The molecule has 0 aliphatic carbocycles. The van der Waals surface area contributed by atoms with Gasteiger partial charge in [0.25, 0.3) is 10.0 Å². The fourth-order valence-corrected chi connectivity index (χ4v) is 2.81. The van der Waals surface area contributed by atoms with E-state index in [9.17, 15) is 13.2 Å². The molecule has 0 bridgehead atoms. The minimum atomic E-state index is -4.16. The van der Waals surface area contributed by atoms with E-state index < -0.39 is 16.0 Å². The van der Waals surface area contributed by atoms with Gasteiger partial charge in [-0.1, -0.05) is 0 Å². The van der Waals surface area contributed by atoms with Gasteiger partial charge in [0.1, 0.15) is 16.5 Å². The number of carboxylic acids is 1. The van der Waals surface area contributed by atoms with Crippen LogP contribution in [-0.4, -0.2) is 34.3 Å². The molecule has 2 N–H and O–H groups in total. The van der Waals surface area contributed by atoms with E-state index in [0.717, 1.165) is 10.9 Å². The Bertz CT molecular complexity index is 850. The summed E-state index contributed by atoms with van der Waals surface area (Å²) in [5, 5.41) is 21.6. The molecule has 2 heterocycles. The number of sulfonamides is 1. The van der Waals surface area contributed by atoms with Crippen LogP contribution in [0.3, 0.4) is 0 Å². The van der Waals surface area contributed by atoms with Gasteiger partial charge in [-0.3, -0.25) is 9.40 Å². The fraction of sp³-hybridized carbons (Fsp3) is 0.0909. The highest BCUT2D eigenvalue weighted by Crippen LogP contribution is 2.20. The number of aryl methyl sites for hydroxylation is 1. The van der Waals surface area contributed by atoms with E-state index in [1.807, 2.05) is 0 Å². The maximum atomic E-state index is 12.3. The molecule has 0 aliphatic heterocycles. The van der Waals surface area contributed by atoms with Crippen LogP contribution in [0.25, 0.3) is 0 Å². The molecule has 0 aromatic carbocycles. The van der Waals surface area contributed by atoms with Crippen LogP contribution in [-0.2, 0) is 17.1 Å². The Kier molecular flexibility index (Phi) is 3.60. The zero-order valence-corrected chi connectivity index (χ0v) is 11.5. The van der Waals surface area contributed by atoms with Crippen molar-refractivity contribution in [3.05, 3.63) is 35.8 Å². The summed E-state index contributed by atoms with van der Waals surface area (Å²) in [6.45, 7) is 0. The summed E-state index contributed by atoms with van der Waals surface area (Å²) in [5.41, 5.74) is -0.590. The fourth-order valence-electron chi connectivity index (χ4n) is 1.59. The molecule has 2 rings (SSSR count). The first-order valence-electron chi connectivity index (χ1n) is 5.50. The zero-order chi connectivity index (χ0) is 15.6. The van der Waals surface area contributed by atoms with Gasteiger partial charge in [0.05, 0.1) is 6.20 Å². The number of carboxylic acid groups (broad SMARTS) is 1. The van der Waals surface area contributed by atoms with Crippen LogP contribution >= 0.6 is 0 Å².